The third kappa shape index (κ3) is 5.64. The van der Waals surface area contributed by atoms with Crippen molar-refractivity contribution in [2.45, 2.75) is 32.2 Å². The number of nitrogen functional groups attached to an aromatic ring is 2. The van der Waals surface area contributed by atoms with E-state index in [0.29, 0.717) is 5.56 Å². The van der Waals surface area contributed by atoms with Crippen molar-refractivity contribution in [2.24, 2.45) is 0 Å². The maximum Gasteiger partial charge on any atom is 0.425 e. The summed E-state index contributed by atoms with van der Waals surface area (Å²) in [5.74, 6) is -1.72. The second-order valence-electron chi connectivity index (χ2n) is 6.80. The van der Waals surface area contributed by atoms with Crippen LogP contribution in [0.2, 0.25) is 0 Å². The molecule has 0 saturated heterocycles. The lowest BCUT2D eigenvalue weighted by Crippen LogP contribution is -2.31. The average molecular weight is 471 g/mol. The van der Waals surface area contributed by atoms with Crippen molar-refractivity contribution in [3.63, 3.8) is 0 Å². The van der Waals surface area contributed by atoms with Gasteiger partial charge in [0.25, 0.3) is 12.3 Å². The topological polar surface area (TPSA) is 134 Å². The zero-order valence-electron chi connectivity index (χ0n) is 17.0. The molecule has 3 aromatic rings. The van der Waals surface area contributed by atoms with E-state index in [9.17, 15) is 26.7 Å². The van der Waals surface area contributed by atoms with E-state index in [1.165, 1.54) is 30.3 Å². The van der Waals surface area contributed by atoms with Crippen LogP contribution in [-0.4, -0.2) is 37.9 Å². The van der Waals surface area contributed by atoms with Crippen LogP contribution in [0, 0.1) is 0 Å². The number of ether oxygens (including phenoxy) is 1. The molecule has 9 nitrogen and oxygen atoms in total. The number of aromatic nitrogens is 4. The van der Waals surface area contributed by atoms with E-state index in [4.69, 9.17) is 16.2 Å². The Morgan fingerprint density at radius 1 is 1.18 bits per heavy atom. The summed E-state index contributed by atoms with van der Waals surface area (Å²) in [7, 11) is 0. The summed E-state index contributed by atoms with van der Waals surface area (Å²) in [6.07, 6.45) is -8.37. The van der Waals surface area contributed by atoms with E-state index in [-0.39, 0.29) is 35.2 Å². The highest BCUT2D eigenvalue weighted by Crippen LogP contribution is 2.25. The first-order valence-corrected chi connectivity index (χ1v) is 9.32. The number of benzene rings is 1. The van der Waals surface area contributed by atoms with Crippen LogP contribution in [0.4, 0.5) is 33.6 Å². The summed E-state index contributed by atoms with van der Waals surface area (Å²) in [5, 5.41) is 6.17. The molecule has 1 aromatic carbocycles. The number of rotatable bonds is 7. The summed E-state index contributed by atoms with van der Waals surface area (Å²) in [6.45, 7) is 0.896. The average Bonchev–Trinajstić information content (AvgIpc) is 3.23. The summed E-state index contributed by atoms with van der Waals surface area (Å²) in [5.41, 5.74) is 12.0. The summed E-state index contributed by atoms with van der Waals surface area (Å²) >= 11 is 0. The third-order valence-corrected chi connectivity index (χ3v) is 4.41. The molecule has 0 aliphatic rings. The maximum absolute atomic E-state index is 12.7. The molecule has 0 radical (unpaired) electrons. The van der Waals surface area contributed by atoms with E-state index in [0.717, 1.165) is 17.9 Å². The standard InChI is InChI=1S/C19H18F5N7O2/c1-9(19(22,23)24)33-11-4-2-10(3-5-11)7-27-18(32)12-6-13(16(26)29-15(12)25)31-8-28-17(30-31)14(20)21/h2-6,8-9,14H,7H2,1H3,(H,27,32)(H4,25,26,29)/t9-/m1/s1. The van der Waals surface area contributed by atoms with Gasteiger partial charge >= 0.3 is 6.18 Å². The van der Waals surface area contributed by atoms with Gasteiger partial charge in [-0.25, -0.2) is 23.4 Å². The molecule has 0 spiro atoms. The Hall–Kier alpha value is -3.97. The molecule has 5 N–H and O–H groups in total. The van der Waals surface area contributed by atoms with E-state index in [1.807, 2.05) is 0 Å². The van der Waals surface area contributed by atoms with E-state index >= 15 is 0 Å². The minimum Gasteiger partial charge on any atom is -0.481 e. The normalized spacial score (nSPS) is 12.6. The molecule has 0 aliphatic heterocycles. The highest BCUT2D eigenvalue weighted by molar-refractivity contribution is 5.99. The number of hydrogen-bond acceptors (Lipinski definition) is 7. The zero-order valence-corrected chi connectivity index (χ0v) is 17.0. The van der Waals surface area contributed by atoms with Crippen LogP contribution >= 0.6 is 0 Å². The smallest absolute Gasteiger partial charge is 0.425 e. The van der Waals surface area contributed by atoms with Crippen LogP contribution in [0.1, 0.15) is 35.1 Å². The lowest BCUT2D eigenvalue weighted by atomic mass is 10.2. The molecule has 33 heavy (non-hydrogen) atoms. The Bertz CT molecular complexity index is 1130. The summed E-state index contributed by atoms with van der Waals surface area (Å²) < 4.78 is 69.0. The Morgan fingerprint density at radius 2 is 1.85 bits per heavy atom. The number of pyridine rings is 1. The minimum atomic E-state index is -4.49. The lowest BCUT2D eigenvalue weighted by molar-refractivity contribution is -0.189. The summed E-state index contributed by atoms with van der Waals surface area (Å²) in [4.78, 5) is 19.9. The van der Waals surface area contributed by atoms with Crippen LogP contribution in [-0.2, 0) is 6.54 Å². The molecular formula is C19H18F5N7O2. The van der Waals surface area contributed by atoms with Gasteiger partial charge in [-0.15, -0.1) is 5.10 Å². The molecule has 0 bridgehead atoms. The number of nitrogens with one attached hydrogen (secondary N) is 1. The second kappa shape index (κ2) is 9.26. The number of halogens is 5. The summed E-state index contributed by atoms with van der Waals surface area (Å²) in [6, 6.07) is 6.87. The first-order chi connectivity index (χ1) is 15.5. The number of alkyl halides is 5. The SMILES string of the molecule is C[C@@H](Oc1ccc(CNC(=O)c2cc(-n3cnc(C(F)F)n3)c(N)nc2N)cc1)C(F)(F)F. The molecule has 0 unspecified atom stereocenters. The molecule has 0 fully saturated rings. The van der Waals surface area contributed by atoms with Gasteiger partial charge in [-0.3, -0.25) is 4.79 Å². The predicted molar refractivity (Wildman–Crippen MR) is 107 cm³/mol. The fourth-order valence-corrected chi connectivity index (χ4v) is 2.62. The third-order valence-electron chi connectivity index (χ3n) is 4.41. The van der Waals surface area contributed by atoms with Gasteiger partial charge in [0.15, 0.2) is 11.9 Å². The Kier molecular flexibility index (Phi) is 6.65. The first-order valence-electron chi connectivity index (χ1n) is 9.32. The number of carbonyl (C=O) groups is 1. The number of amides is 1. The Balaban J connectivity index is 1.70. The van der Waals surface area contributed by atoms with E-state index in [1.54, 1.807) is 0 Å². The molecule has 2 heterocycles. The molecule has 1 amide bonds. The molecule has 176 valence electrons. The van der Waals surface area contributed by atoms with Crippen molar-refractivity contribution in [1.29, 1.82) is 0 Å². The van der Waals surface area contributed by atoms with Crippen molar-refractivity contribution in [2.75, 3.05) is 11.5 Å². The van der Waals surface area contributed by atoms with Crippen LogP contribution in [0.5, 0.6) is 5.75 Å². The van der Waals surface area contributed by atoms with Crippen LogP contribution in [0.3, 0.4) is 0 Å². The van der Waals surface area contributed by atoms with Gasteiger partial charge in [-0.05, 0) is 30.7 Å². The highest BCUT2D eigenvalue weighted by Gasteiger charge is 2.38. The number of nitrogens with zero attached hydrogens (tertiary/aromatic N) is 4. The van der Waals surface area contributed by atoms with Crippen molar-refractivity contribution in [3.05, 3.63) is 53.6 Å². The fourth-order valence-electron chi connectivity index (χ4n) is 2.62. The Labute approximate surface area is 183 Å². The molecule has 1 atom stereocenters. The van der Waals surface area contributed by atoms with Gasteiger partial charge in [0.1, 0.15) is 23.6 Å². The number of anilines is 2. The van der Waals surface area contributed by atoms with Gasteiger partial charge in [-0.2, -0.15) is 13.2 Å². The first kappa shape index (κ1) is 23.7. The molecule has 0 saturated carbocycles. The highest BCUT2D eigenvalue weighted by atomic mass is 19.4. The van der Waals surface area contributed by atoms with Crippen molar-refractivity contribution in [3.8, 4) is 11.4 Å². The molecule has 2 aromatic heterocycles. The van der Waals surface area contributed by atoms with Crippen molar-refractivity contribution >= 4 is 17.5 Å². The van der Waals surface area contributed by atoms with Gasteiger partial charge < -0.3 is 21.5 Å². The van der Waals surface area contributed by atoms with Gasteiger partial charge in [0.05, 0.1) is 5.56 Å². The van der Waals surface area contributed by atoms with Crippen LogP contribution in [0.25, 0.3) is 5.69 Å². The monoisotopic (exact) mass is 471 g/mol. The van der Waals surface area contributed by atoms with Crippen molar-refractivity contribution in [1.82, 2.24) is 25.1 Å². The number of carbonyl (C=O) groups excluding carboxylic acids is 1. The quantitative estimate of drug-likeness (QED) is 0.451. The zero-order chi connectivity index (χ0) is 24.3. The van der Waals surface area contributed by atoms with Gasteiger partial charge in [0, 0.05) is 6.54 Å². The molecular weight excluding hydrogens is 453 g/mol. The number of nitrogens with two attached hydrogens (primary N) is 2. The fraction of sp³-hybridized carbons (Fsp3) is 0.263. The van der Waals surface area contributed by atoms with E-state index in [2.05, 4.69) is 20.4 Å². The lowest BCUT2D eigenvalue weighted by Gasteiger charge is -2.17. The molecule has 3 rings (SSSR count). The largest absolute Gasteiger partial charge is 0.481 e. The number of hydrogen-bond donors (Lipinski definition) is 3. The predicted octanol–water partition coefficient (Wildman–Crippen LogP) is 3.02. The van der Waals surface area contributed by atoms with Crippen molar-refractivity contribution < 1.29 is 31.5 Å². The maximum atomic E-state index is 12.7. The van der Waals surface area contributed by atoms with Crippen LogP contribution in [0.15, 0.2) is 36.7 Å². The minimum absolute atomic E-state index is 0.00590. The second-order valence-corrected chi connectivity index (χ2v) is 6.80. The molecule has 0 aliphatic carbocycles. The van der Waals surface area contributed by atoms with Crippen LogP contribution < -0.4 is 21.5 Å². The Morgan fingerprint density at radius 3 is 2.42 bits per heavy atom. The van der Waals surface area contributed by atoms with Gasteiger partial charge in [-0.1, -0.05) is 12.1 Å². The van der Waals surface area contributed by atoms with Gasteiger partial charge in [0.2, 0.25) is 5.82 Å². The van der Waals surface area contributed by atoms with E-state index < -0.39 is 30.4 Å². The molecule has 14 heteroatoms.